The first-order valence-electron chi connectivity index (χ1n) is 5.46. The van der Waals surface area contributed by atoms with Crippen molar-refractivity contribution in [2.45, 2.75) is 19.8 Å². The largest absolute Gasteiger partial charge is 0.351 e. The molecule has 1 heterocycles. The molecular formula is C12H14N3O. The summed E-state index contributed by atoms with van der Waals surface area (Å²) in [6.45, 7) is 2.78. The van der Waals surface area contributed by atoms with Crippen LogP contribution in [0, 0.1) is 6.07 Å². The summed E-state index contributed by atoms with van der Waals surface area (Å²) < 4.78 is 0. The second kappa shape index (κ2) is 4.79. The number of nitrogens with one attached hydrogen (secondary N) is 2. The number of unbranched alkanes of at least 4 members (excludes halogenated alkanes) is 1. The fourth-order valence-corrected chi connectivity index (χ4v) is 1.52. The Kier molecular flexibility index (Phi) is 3.19. The number of nitrogens with zero attached hydrogens (tertiary/aromatic N) is 1. The van der Waals surface area contributed by atoms with Crippen LogP contribution >= 0.6 is 0 Å². The molecule has 0 aliphatic carbocycles. The first-order valence-corrected chi connectivity index (χ1v) is 5.46. The number of rotatable bonds is 4. The Hall–Kier alpha value is -1.84. The number of hydrogen-bond donors (Lipinski definition) is 2. The van der Waals surface area contributed by atoms with E-state index in [2.05, 4.69) is 28.5 Å². The van der Waals surface area contributed by atoms with Crippen molar-refractivity contribution < 1.29 is 4.79 Å². The molecule has 0 spiro atoms. The number of aromatic nitrogens is 2. The molecular weight excluding hydrogens is 202 g/mol. The number of H-pyrrole nitrogens is 1. The molecule has 0 saturated heterocycles. The van der Waals surface area contributed by atoms with E-state index in [9.17, 15) is 4.79 Å². The molecule has 0 aliphatic rings. The van der Waals surface area contributed by atoms with Crippen LogP contribution in [0.15, 0.2) is 18.2 Å². The third-order valence-electron chi connectivity index (χ3n) is 2.41. The molecule has 2 rings (SSSR count). The van der Waals surface area contributed by atoms with Gasteiger partial charge in [0.2, 0.25) is 0 Å². The molecule has 2 N–H and O–H groups in total. The summed E-state index contributed by atoms with van der Waals surface area (Å²) in [6.07, 6.45) is 2.05. The average Bonchev–Trinajstić information content (AvgIpc) is 2.73. The monoisotopic (exact) mass is 216 g/mol. The van der Waals surface area contributed by atoms with Gasteiger partial charge in [0.1, 0.15) is 0 Å². The summed E-state index contributed by atoms with van der Waals surface area (Å²) in [7, 11) is 0. The number of carbonyl (C=O) groups is 1. The van der Waals surface area contributed by atoms with Crippen molar-refractivity contribution >= 4 is 16.8 Å². The topological polar surface area (TPSA) is 57.8 Å². The lowest BCUT2D eigenvalue weighted by molar-refractivity contribution is 0.0950. The van der Waals surface area contributed by atoms with Crippen LogP contribution in [0.1, 0.15) is 30.3 Å². The van der Waals surface area contributed by atoms with Crippen LogP contribution in [0.5, 0.6) is 0 Å². The van der Waals surface area contributed by atoms with Crippen LogP contribution < -0.4 is 5.32 Å². The second-order valence-electron chi connectivity index (χ2n) is 3.64. The smallest absolute Gasteiger partial charge is 0.272 e. The highest BCUT2D eigenvalue weighted by molar-refractivity contribution is 6.04. The van der Waals surface area contributed by atoms with Crippen LogP contribution in [0.25, 0.3) is 10.9 Å². The van der Waals surface area contributed by atoms with Gasteiger partial charge in [-0.05, 0) is 18.6 Å². The zero-order chi connectivity index (χ0) is 11.4. The van der Waals surface area contributed by atoms with E-state index in [-0.39, 0.29) is 5.91 Å². The summed E-state index contributed by atoms with van der Waals surface area (Å²) >= 11 is 0. The maximum absolute atomic E-state index is 11.8. The first kappa shape index (κ1) is 10.7. The highest BCUT2D eigenvalue weighted by Gasteiger charge is 2.12. The highest BCUT2D eigenvalue weighted by Crippen LogP contribution is 2.13. The van der Waals surface area contributed by atoms with Gasteiger partial charge < -0.3 is 5.32 Å². The maximum atomic E-state index is 11.8. The Bertz CT molecular complexity index is 490. The van der Waals surface area contributed by atoms with Crippen molar-refractivity contribution in [3.8, 4) is 0 Å². The molecule has 1 radical (unpaired) electrons. The Labute approximate surface area is 94.0 Å². The van der Waals surface area contributed by atoms with Crippen molar-refractivity contribution in [1.82, 2.24) is 15.5 Å². The minimum atomic E-state index is -0.137. The van der Waals surface area contributed by atoms with E-state index in [0.717, 1.165) is 23.7 Å². The lowest BCUT2D eigenvalue weighted by Crippen LogP contribution is -2.24. The standard InChI is InChI=1S/C12H14N3O/c1-2-3-8-13-12(16)11-9-6-4-5-7-10(9)14-15-11/h4-5,7H,2-3,8H2,1H3,(H,13,16)(H,14,15). The summed E-state index contributed by atoms with van der Waals surface area (Å²) in [4.78, 5) is 11.8. The Morgan fingerprint density at radius 2 is 2.50 bits per heavy atom. The fraction of sp³-hybridized carbons (Fsp3) is 0.333. The van der Waals surface area contributed by atoms with Gasteiger partial charge in [-0.25, -0.2) is 0 Å². The molecule has 2 aromatic rings. The molecule has 1 amide bonds. The van der Waals surface area contributed by atoms with Crippen LogP contribution in [0.3, 0.4) is 0 Å². The van der Waals surface area contributed by atoms with Gasteiger partial charge in [-0.1, -0.05) is 25.5 Å². The van der Waals surface area contributed by atoms with E-state index < -0.39 is 0 Å². The number of benzene rings is 1. The first-order chi connectivity index (χ1) is 7.83. The van der Waals surface area contributed by atoms with Crippen LogP contribution in [0.2, 0.25) is 0 Å². The lowest BCUT2D eigenvalue weighted by atomic mass is 10.2. The summed E-state index contributed by atoms with van der Waals surface area (Å²) in [5, 5.41) is 10.4. The molecule has 0 saturated carbocycles. The second-order valence-corrected chi connectivity index (χ2v) is 3.64. The number of aromatic amines is 1. The molecule has 0 atom stereocenters. The number of carbonyl (C=O) groups excluding carboxylic acids is 1. The van der Waals surface area contributed by atoms with Gasteiger partial charge in [0.25, 0.3) is 5.91 Å². The van der Waals surface area contributed by atoms with E-state index >= 15 is 0 Å². The summed E-state index contributed by atoms with van der Waals surface area (Å²) in [6, 6.07) is 8.53. The van der Waals surface area contributed by atoms with Gasteiger partial charge in [0, 0.05) is 11.9 Å². The third-order valence-corrected chi connectivity index (χ3v) is 2.41. The number of fused-ring (bicyclic) bond motifs is 1. The van der Waals surface area contributed by atoms with Gasteiger partial charge >= 0.3 is 0 Å². The summed E-state index contributed by atoms with van der Waals surface area (Å²) in [5.74, 6) is -0.137. The quantitative estimate of drug-likeness (QED) is 0.767. The number of amides is 1. The minimum Gasteiger partial charge on any atom is -0.351 e. The van der Waals surface area contributed by atoms with Crippen molar-refractivity contribution in [3.63, 3.8) is 0 Å². The van der Waals surface area contributed by atoms with Crippen LogP contribution in [-0.4, -0.2) is 22.6 Å². The van der Waals surface area contributed by atoms with Gasteiger partial charge in [0.15, 0.2) is 5.69 Å². The van der Waals surface area contributed by atoms with E-state index in [1.54, 1.807) is 6.07 Å². The Balaban J connectivity index is 2.17. The van der Waals surface area contributed by atoms with E-state index in [0.29, 0.717) is 12.2 Å². The Morgan fingerprint density at radius 3 is 3.31 bits per heavy atom. The average molecular weight is 216 g/mol. The molecule has 4 heteroatoms. The lowest BCUT2D eigenvalue weighted by Gasteiger charge is -2.01. The molecule has 0 aliphatic heterocycles. The normalized spacial score (nSPS) is 10.6. The zero-order valence-electron chi connectivity index (χ0n) is 9.21. The molecule has 1 aromatic heterocycles. The highest BCUT2D eigenvalue weighted by atomic mass is 16.1. The zero-order valence-corrected chi connectivity index (χ0v) is 9.21. The predicted octanol–water partition coefficient (Wildman–Crippen LogP) is 1.89. The predicted molar refractivity (Wildman–Crippen MR) is 62.2 cm³/mol. The summed E-state index contributed by atoms with van der Waals surface area (Å²) in [5.41, 5.74) is 1.26. The molecule has 4 nitrogen and oxygen atoms in total. The van der Waals surface area contributed by atoms with Crippen LogP contribution in [-0.2, 0) is 0 Å². The maximum Gasteiger partial charge on any atom is 0.272 e. The fourth-order valence-electron chi connectivity index (χ4n) is 1.52. The number of hydrogen-bond acceptors (Lipinski definition) is 2. The van der Waals surface area contributed by atoms with Crippen LogP contribution in [0.4, 0.5) is 0 Å². The van der Waals surface area contributed by atoms with Crippen molar-refractivity contribution in [3.05, 3.63) is 30.0 Å². The molecule has 0 fully saturated rings. The van der Waals surface area contributed by atoms with E-state index in [1.165, 1.54) is 0 Å². The molecule has 83 valence electrons. The van der Waals surface area contributed by atoms with Gasteiger partial charge in [-0.3, -0.25) is 9.89 Å². The van der Waals surface area contributed by atoms with Crippen molar-refractivity contribution in [1.29, 1.82) is 0 Å². The molecule has 0 unspecified atom stereocenters. The van der Waals surface area contributed by atoms with Gasteiger partial charge in [-0.15, -0.1) is 0 Å². The van der Waals surface area contributed by atoms with E-state index in [4.69, 9.17) is 0 Å². The molecule has 1 aromatic carbocycles. The minimum absolute atomic E-state index is 0.137. The van der Waals surface area contributed by atoms with Gasteiger partial charge in [0.05, 0.1) is 5.52 Å². The third kappa shape index (κ3) is 2.05. The Morgan fingerprint density at radius 1 is 1.62 bits per heavy atom. The van der Waals surface area contributed by atoms with E-state index in [1.807, 2.05) is 12.1 Å². The molecule has 16 heavy (non-hydrogen) atoms. The SMILES string of the molecule is CCCCNC(=O)c1n[nH]c2ccc[c]c12. The van der Waals surface area contributed by atoms with Crippen molar-refractivity contribution in [2.75, 3.05) is 6.54 Å². The van der Waals surface area contributed by atoms with Crippen molar-refractivity contribution in [2.24, 2.45) is 0 Å². The van der Waals surface area contributed by atoms with Gasteiger partial charge in [-0.2, -0.15) is 5.10 Å². The molecule has 0 bridgehead atoms.